The highest BCUT2D eigenvalue weighted by Gasteiger charge is 2.24. The van der Waals surface area contributed by atoms with E-state index in [-0.39, 0.29) is 16.1 Å². The molecule has 5 aromatic rings. The molecule has 0 bridgehead atoms. The number of anilines is 2. The summed E-state index contributed by atoms with van der Waals surface area (Å²) in [5, 5.41) is 3.78. The molecule has 2 aromatic heterocycles. The number of fused-ring (bicyclic) bond motifs is 2. The molecule has 0 amide bonds. The maximum atomic E-state index is 13.2. The third-order valence-electron chi connectivity index (χ3n) is 4.90. The molecular formula is C22H16N4O4S2. The van der Waals surface area contributed by atoms with Gasteiger partial charge in [-0.1, -0.05) is 48.5 Å². The number of aromatic nitrogens is 2. The summed E-state index contributed by atoms with van der Waals surface area (Å²) in [6.07, 6.45) is 0. The first-order valence-electron chi connectivity index (χ1n) is 9.61. The molecule has 10 heteroatoms. The van der Waals surface area contributed by atoms with Gasteiger partial charge >= 0.3 is 5.63 Å². The summed E-state index contributed by atoms with van der Waals surface area (Å²) in [4.78, 5) is 12.8. The van der Waals surface area contributed by atoms with Gasteiger partial charge in [0.15, 0.2) is 5.69 Å². The summed E-state index contributed by atoms with van der Waals surface area (Å²) in [5.41, 5.74) is 1.37. The van der Waals surface area contributed by atoms with Crippen molar-refractivity contribution >= 4 is 55.1 Å². The SMILES string of the molecule is O=c1oc2ccccc2c(NCc2ccccc2)c1NS(=O)(=O)c1cccc2nsnc12. The molecule has 0 unspecified atom stereocenters. The Morgan fingerprint density at radius 1 is 0.875 bits per heavy atom. The smallest absolute Gasteiger partial charge is 0.363 e. The van der Waals surface area contributed by atoms with Gasteiger partial charge in [-0.15, -0.1) is 0 Å². The lowest BCUT2D eigenvalue weighted by Crippen LogP contribution is -2.21. The van der Waals surface area contributed by atoms with Crippen molar-refractivity contribution in [1.29, 1.82) is 0 Å². The summed E-state index contributed by atoms with van der Waals surface area (Å²) >= 11 is 0.919. The molecule has 0 aliphatic heterocycles. The van der Waals surface area contributed by atoms with Crippen molar-refractivity contribution in [1.82, 2.24) is 8.75 Å². The molecular weight excluding hydrogens is 448 g/mol. The third kappa shape index (κ3) is 3.70. The summed E-state index contributed by atoms with van der Waals surface area (Å²) in [6.45, 7) is 0.384. The zero-order chi connectivity index (χ0) is 22.1. The van der Waals surface area contributed by atoms with Crippen LogP contribution in [0.1, 0.15) is 5.56 Å². The summed E-state index contributed by atoms with van der Waals surface area (Å²) in [5.74, 6) is 0. The molecule has 2 N–H and O–H groups in total. The molecule has 0 saturated heterocycles. The highest BCUT2D eigenvalue weighted by atomic mass is 32.2. The van der Waals surface area contributed by atoms with Gasteiger partial charge in [-0.2, -0.15) is 8.75 Å². The third-order valence-corrected chi connectivity index (χ3v) is 6.82. The van der Waals surface area contributed by atoms with Crippen molar-refractivity contribution < 1.29 is 12.8 Å². The van der Waals surface area contributed by atoms with Crippen LogP contribution in [0.5, 0.6) is 0 Å². The van der Waals surface area contributed by atoms with Gasteiger partial charge in [-0.25, -0.2) is 13.2 Å². The van der Waals surface area contributed by atoms with Crippen molar-refractivity contribution in [2.45, 2.75) is 11.4 Å². The lowest BCUT2D eigenvalue weighted by atomic mass is 10.1. The van der Waals surface area contributed by atoms with E-state index in [1.54, 1.807) is 36.4 Å². The van der Waals surface area contributed by atoms with E-state index in [4.69, 9.17) is 4.42 Å². The van der Waals surface area contributed by atoms with Gasteiger partial charge < -0.3 is 9.73 Å². The fourth-order valence-corrected chi connectivity index (χ4v) is 5.23. The Morgan fingerprint density at radius 2 is 1.66 bits per heavy atom. The van der Waals surface area contributed by atoms with Gasteiger partial charge in [0.25, 0.3) is 10.0 Å². The molecule has 0 aliphatic carbocycles. The van der Waals surface area contributed by atoms with Crippen molar-refractivity contribution in [3.63, 3.8) is 0 Å². The second kappa shape index (κ2) is 8.06. The number of benzene rings is 3. The van der Waals surface area contributed by atoms with Gasteiger partial charge in [0, 0.05) is 11.9 Å². The van der Waals surface area contributed by atoms with E-state index in [0.29, 0.717) is 28.7 Å². The second-order valence-electron chi connectivity index (χ2n) is 6.97. The Hall–Kier alpha value is -3.76. The molecule has 32 heavy (non-hydrogen) atoms. The Morgan fingerprint density at radius 3 is 2.50 bits per heavy atom. The highest BCUT2D eigenvalue weighted by Crippen LogP contribution is 2.31. The van der Waals surface area contributed by atoms with Crippen molar-refractivity contribution in [2.24, 2.45) is 0 Å². The fourth-order valence-electron chi connectivity index (χ4n) is 3.40. The molecule has 0 fully saturated rings. The van der Waals surface area contributed by atoms with Crippen molar-refractivity contribution in [2.75, 3.05) is 10.0 Å². The highest BCUT2D eigenvalue weighted by molar-refractivity contribution is 7.93. The number of nitrogens with zero attached hydrogens (tertiary/aromatic N) is 2. The van der Waals surface area contributed by atoms with Crippen LogP contribution in [0.3, 0.4) is 0 Å². The van der Waals surface area contributed by atoms with E-state index in [9.17, 15) is 13.2 Å². The summed E-state index contributed by atoms with van der Waals surface area (Å²) < 4.78 is 42.5. The quantitative estimate of drug-likeness (QED) is 0.362. The molecule has 0 spiro atoms. The van der Waals surface area contributed by atoms with E-state index < -0.39 is 15.6 Å². The number of nitrogens with one attached hydrogen (secondary N) is 2. The first kappa shape index (κ1) is 20.2. The average molecular weight is 465 g/mol. The Balaban J connectivity index is 1.62. The van der Waals surface area contributed by atoms with Crippen LogP contribution in [0.25, 0.3) is 22.0 Å². The van der Waals surface area contributed by atoms with E-state index in [1.165, 1.54) is 6.07 Å². The first-order chi connectivity index (χ1) is 15.5. The van der Waals surface area contributed by atoms with E-state index in [2.05, 4.69) is 18.8 Å². The van der Waals surface area contributed by atoms with Crippen LogP contribution in [0.4, 0.5) is 11.4 Å². The number of para-hydroxylation sites is 1. The van der Waals surface area contributed by atoms with Gasteiger partial charge in [0.2, 0.25) is 0 Å². The summed E-state index contributed by atoms with van der Waals surface area (Å²) in [6, 6.07) is 21.2. The Bertz CT molecular complexity index is 1600. The zero-order valence-electron chi connectivity index (χ0n) is 16.5. The van der Waals surface area contributed by atoms with Crippen LogP contribution >= 0.6 is 11.7 Å². The number of sulfonamides is 1. The van der Waals surface area contributed by atoms with Crippen LogP contribution in [0.15, 0.2) is 86.9 Å². The maximum Gasteiger partial charge on any atom is 0.363 e. The molecule has 0 saturated carbocycles. The molecule has 5 rings (SSSR count). The molecule has 2 heterocycles. The van der Waals surface area contributed by atoms with E-state index in [1.807, 2.05) is 30.3 Å². The minimum atomic E-state index is -4.15. The van der Waals surface area contributed by atoms with Crippen LogP contribution < -0.4 is 15.7 Å². The maximum absolute atomic E-state index is 13.2. The first-order valence-corrected chi connectivity index (χ1v) is 11.8. The van der Waals surface area contributed by atoms with E-state index in [0.717, 1.165) is 17.3 Å². The number of rotatable bonds is 6. The minimum absolute atomic E-state index is 0.0645. The molecule has 160 valence electrons. The topological polar surface area (TPSA) is 114 Å². The van der Waals surface area contributed by atoms with Crippen molar-refractivity contribution in [3.8, 4) is 0 Å². The molecule has 8 nitrogen and oxygen atoms in total. The van der Waals surface area contributed by atoms with Crippen LogP contribution in [0, 0.1) is 0 Å². The number of hydrogen-bond donors (Lipinski definition) is 2. The fraction of sp³-hybridized carbons (Fsp3) is 0.0455. The predicted octanol–water partition coefficient (Wildman–Crippen LogP) is 4.21. The standard InChI is InChI=1S/C22H16N4O4S2/c27-22-21(26-32(28,29)18-12-6-10-16-20(18)25-31-24-16)19(15-9-4-5-11-17(15)30-22)23-13-14-7-2-1-3-8-14/h1-12,23,26H,13H2. The lowest BCUT2D eigenvalue weighted by Gasteiger charge is -2.15. The second-order valence-corrected chi connectivity index (χ2v) is 9.15. The number of hydrogen-bond acceptors (Lipinski definition) is 8. The van der Waals surface area contributed by atoms with Gasteiger partial charge in [-0.05, 0) is 29.8 Å². The van der Waals surface area contributed by atoms with Gasteiger partial charge in [0.1, 0.15) is 21.5 Å². The monoisotopic (exact) mass is 464 g/mol. The Labute approximate surface area is 186 Å². The zero-order valence-corrected chi connectivity index (χ0v) is 18.1. The largest absolute Gasteiger partial charge is 0.421 e. The predicted molar refractivity (Wildman–Crippen MR) is 124 cm³/mol. The summed E-state index contributed by atoms with van der Waals surface area (Å²) in [7, 11) is -4.15. The van der Waals surface area contributed by atoms with Crippen LogP contribution in [-0.4, -0.2) is 17.2 Å². The van der Waals surface area contributed by atoms with E-state index >= 15 is 0 Å². The molecule has 3 aromatic carbocycles. The van der Waals surface area contributed by atoms with Crippen LogP contribution in [0.2, 0.25) is 0 Å². The van der Waals surface area contributed by atoms with Gasteiger partial charge in [-0.3, -0.25) is 4.72 Å². The molecule has 0 radical (unpaired) electrons. The molecule has 0 atom stereocenters. The minimum Gasteiger partial charge on any atom is -0.421 e. The Kier molecular flexibility index (Phi) is 5.08. The average Bonchev–Trinajstić information content (AvgIpc) is 3.28. The molecule has 0 aliphatic rings. The lowest BCUT2D eigenvalue weighted by molar-refractivity contribution is 0.563. The normalized spacial score (nSPS) is 11.6. The van der Waals surface area contributed by atoms with Crippen LogP contribution in [-0.2, 0) is 16.6 Å². The van der Waals surface area contributed by atoms with Crippen molar-refractivity contribution in [3.05, 3.63) is 88.8 Å². The van der Waals surface area contributed by atoms with Gasteiger partial charge in [0.05, 0.1) is 17.4 Å².